The molecule has 0 fully saturated rings. The number of hydrogen-bond donors (Lipinski definition) is 0. The third kappa shape index (κ3) is 10.9. The van der Waals surface area contributed by atoms with Gasteiger partial charge in [0.1, 0.15) is 0 Å². The first-order valence-corrected chi connectivity index (χ1v) is 2.22. The van der Waals surface area contributed by atoms with Crippen molar-refractivity contribution >= 4 is 55.8 Å². The van der Waals surface area contributed by atoms with E-state index in [2.05, 4.69) is 7.70 Å². The molecule has 0 bridgehead atoms. The number of rotatable bonds is 0. The van der Waals surface area contributed by atoms with Crippen molar-refractivity contribution in [3.63, 3.8) is 0 Å². The van der Waals surface area contributed by atoms with Crippen LogP contribution in [0.5, 0.6) is 0 Å². The SMILES string of the molecule is O=C([O-])[O-].O=c1oso1.[Ca+2]. The van der Waals surface area contributed by atoms with E-state index < -0.39 is 12.0 Å². The van der Waals surface area contributed by atoms with Gasteiger partial charge in [-0.25, -0.2) is 4.79 Å². The minimum Gasteiger partial charge on any atom is -0.652 e. The Morgan fingerprint density at radius 1 is 1.40 bits per heavy atom. The summed E-state index contributed by atoms with van der Waals surface area (Å²) in [4.78, 5) is 17.8. The Morgan fingerprint density at radius 3 is 1.60 bits per heavy atom. The maximum Gasteiger partial charge on any atom is 2.00 e. The molecule has 0 saturated carbocycles. The smallest absolute Gasteiger partial charge is 0.652 e. The molecule has 1 heterocycles. The number of carbonyl (C=O) groups is 1. The van der Waals surface area contributed by atoms with Crippen LogP contribution in [0.15, 0.2) is 12.5 Å². The second-order valence-electron chi connectivity index (χ2n) is 0.735. The van der Waals surface area contributed by atoms with E-state index in [1.54, 1.807) is 0 Å². The van der Waals surface area contributed by atoms with E-state index in [1.807, 2.05) is 0 Å². The number of carboxylic acid groups (broad SMARTS) is 2. The predicted molar refractivity (Wildman–Crippen MR) is 26.3 cm³/mol. The topological polar surface area (TPSA) is 107 Å². The molecule has 1 aromatic rings. The van der Waals surface area contributed by atoms with E-state index in [4.69, 9.17) is 15.0 Å². The molecule has 0 aliphatic heterocycles. The molecule has 1 aromatic heterocycles. The Labute approximate surface area is 88.5 Å². The van der Waals surface area contributed by atoms with Crippen LogP contribution in [0.25, 0.3) is 0 Å². The summed E-state index contributed by atoms with van der Waals surface area (Å²) in [6.45, 7) is 0. The first kappa shape index (κ1) is 12.7. The van der Waals surface area contributed by atoms with Crippen molar-refractivity contribution in [1.82, 2.24) is 0 Å². The first-order valence-electron chi connectivity index (χ1n) is 1.56. The average molecular weight is 192 g/mol. The Balaban J connectivity index is 0. The van der Waals surface area contributed by atoms with Gasteiger partial charge in [-0.05, 0) is 6.16 Å². The molecule has 0 unspecified atom stereocenters. The fraction of sp³-hybridized carbons (Fsp3) is 0. The standard InChI is InChI=1S/CO3S.CH2O3.Ca/c2-1-3-5-4-1;2-1(3)4;/h;(H2,2,3,4);/q;;+2/p-2. The van der Waals surface area contributed by atoms with E-state index in [9.17, 15) is 4.79 Å². The maximum atomic E-state index is 9.43. The van der Waals surface area contributed by atoms with Gasteiger partial charge in [-0.15, -0.1) is 0 Å². The van der Waals surface area contributed by atoms with E-state index in [0.29, 0.717) is 11.9 Å². The molecule has 8 heteroatoms. The molecule has 0 spiro atoms. The van der Waals surface area contributed by atoms with Crippen molar-refractivity contribution in [2.24, 2.45) is 0 Å². The molecule has 1 rings (SSSR count). The number of carbonyl (C=O) groups excluding carboxylic acids is 1. The monoisotopic (exact) mass is 192 g/mol. The van der Waals surface area contributed by atoms with Crippen molar-refractivity contribution in [3.8, 4) is 0 Å². The summed E-state index contributed by atoms with van der Waals surface area (Å²) in [6.07, 6.45) is -2.33. The molecular weight excluding hydrogens is 192 g/mol. The van der Waals surface area contributed by atoms with Gasteiger partial charge in [0, 0.05) is 0 Å². The molecule has 6 nitrogen and oxygen atoms in total. The van der Waals surface area contributed by atoms with Gasteiger partial charge in [0.05, 0.1) is 0 Å². The van der Waals surface area contributed by atoms with Crippen molar-refractivity contribution in [3.05, 3.63) is 10.6 Å². The fourth-order valence-electron chi connectivity index (χ4n) is 0.0618. The summed E-state index contributed by atoms with van der Waals surface area (Å²) in [7, 11) is 0. The second kappa shape index (κ2) is 7.13. The second-order valence-corrected chi connectivity index (χ2v) is 1.20. The third-order valence-corrected chi connectivity index (χ3v) is 0.612. The van der Waals surface area contributed by atoms with Gasteiger partial charge in [0.15, 0.2) is 0 Å². The van der Waals surface area contributed by atoms with E-state index in [1.165, 1.54) is 0 Å². The van der Waals surface area contributed by atoms with Crippen molar-refractivity contribution < 1.29 is 22.7 Å². The summed E-state index contributed by atoms with van der Waals surface area (Å²) in [5.41, 5.74) is 0. The van der Waals surface area contributed by atoms with Crippen molar-refractivity contribution in [2.75, 3.05) is 0 Å². The quantitative estimate of drug-likeness (QED) is 0.419. The van der Waals surface area contributed by atoms with E-state index >= 15 is 0 Å². The molecule has 52 valence electrons. The Hall–Kier alpha value is 0.0197. The Bertz CT molecular complexity index is 192. The van der Waals surface area contributed by atoms with Crippen LogP contribution in [0, 0.1) is 0 Å². The van der Waals surface area contributed by atoms with Gasteiger partial charge in [0.25, 0.3) is 11.9 Å². The average Bonchev–Trinajstić information content (AvgIpc) is 1.59. The molecule has 10 heavy (non-hydrogen) atoms. The number of hydrogen-bond acceptors (Lipinski definition) is 7. The van der Waals surface area contributed by atoms with E-state index in [-0.39, 0.29) is 37.7 Å². The third-order valence-electron chi connectivity index (χ3n) is 0.204. The normalized spacial score (nSPS) is 6.80. The van der Waals surface area contributed by atoms with Crippen molar-refractivity contribution in [1.29, 1.82) is 0 Å². The zero-order chi connectivity index (χ0) is 7.28. The molecule has 0 N–H and O–H groups in total. The molecule has 0 amide bonds. The van der Waals surface area contributed by atoms with Crippen LogP contribution in [0.1, 0.15) is 0 Å². The summed E-state index contributed by atoms with van der Waals surface area (Å²) < 4.78 is 7.97. The Morgan fingerprint density at radius 2 is 1.60 bits per heavy atom. The van der Waals surface area contributed by atoms with Crippen LogP contribution >= 0.6 is 11.9 Å². The molecule has 0 atom stereocenters. The summed E-state index contributed by atoms with van der Waals surface area (Å²) in [5.74, 6) is -0.602. The van der Waals surface area contributed by atoms with Crippen LogP contribution in [0.4, 0.5) is 4.79 Å². The van der Waals surface area contributed by atoms with Crippen LogP contribution < -0.4 is 16.0 Å². The van der Waals surface area contributed by atoms with Gasteiger partial charge < -0.3 is 15.0 Å². The van der Waals surface area contributed by atoms with Crippen molar-refractivity contribution in [2.45, 2.75) is 0 Å². The molecule has 0 radical (unpaired) electrons. The van der Waals surface area contributed by atoms with Crippen LogP contribution in [0.3, 0.4) is 0 Å². The van der Waals surface area contributed by atoms with Gasteiger partial charge in [0.2, 0.25) is 0 Å². The van der Waals surface area contributed by atoms with Gasteiger partial charge in [-0.3, -0.25) is 7.70 Å². The first-order chi connectivity index (χ1) is 4.13. The molecule has 0 aliphatic rings. The molecular formula is C2CaO6S. The van der Waals surface area contributed by atoms with E-state index in [0.717, 1.165) is 0 Å². The summed E-state index contributed by atoms with van der Waals surface area (Å²) in [6, 6.07) is 0. The minimum absolute atomic E-state index is 0. The fourth-order valence-corrected chi connectivity index (χ4v) is 0.185. The minimum atomic E-state index is -2.33. The molecule has 0 aliphatic carbocycles. The van der Waals surface area contributed by atoms with Gasteiger partial charge >= 0.3 is 43.6 Å². The zero-order valence-electron chi connectivity index (χ0n) is 4.56. The van der Waals surface area contributed by atoms with Crippen LogP contribution in [0.2, 0.25) is 0 Å². The predicted octanol–water partition coefficient (Wildman–Crippen LogP) is -2.53. The zero-order valence-corrected chi connectivity index (χ0v) is 7.59. The van der Waals surface area contributed by atoms with Gasteiger partial charge in [-0.2, -0.15) is 0 Å². The summed E-state index contributed by atoms with van der Waals surface area (Å²) >= 11 is 0.696. The van der Waals surface area contributed by atoms with Gasteiger partial charge in [-0.1, -0.05) is 0 Å². The molecule has 0 aromatic carbocycles. The Kier molecular flexibility index (Phi) is 9.04. The maximum absolute atomic E-state index is 9.43. The molecule has 0 saturated heterocycles. The van der Waals surface area contributed by atoms with Crippen LogP contribution in [-0.4, -0.2) is 43.9 Å². The van der Waals surface area contributed by atoms with Crippen LogP contribution in [-0.2, 0) is 0 Å². The largest absolute Gasteiger partial charge is 2.00 e. The summed E-state index contributed by atoms with van der Waals surface area (Å²) in [5, 5.41) is 16.7.